The number of alkyl halides is 3. The number of thiocarbonyl (C=S) groups is 1. The predicted octanol–water partition coefficient (Wildman–Crippen LogP) is 4.69. The van der Waals surface area contributed by atoms with E-state index in [1.165, 1.54) is 12.1 Å². The van der Waals surface area contributed by atoms with Gasteiger partial charge < -0.3 is 15.4 Å². The molecule has 132 valence electrons. The van der Waals surface area contributed by atoms with Gasteiger partial charge in [-0.3, -0.25) is 0 Å². The Morgan fingerprint density at radius 2 is 1.84 bits per heavy atom. The number of anilines is 2. The van der Waals surface area contributed by atoms with Crippen LogP contribution in [-0.4, -0.2) is 17.7 Å². The number of nitrogens with one attached hydrogen (secondary N) is 2. The van der Waals surface area contributed by atoms with Crippen LogP contribution in [0.3, 0.4) is 0 Å². The number of esters is 1. The van der Waals surface area contributed by atoms with Crippen molar-refractivity contribution < 1.29 is 22.7 Å². The second kappa shape index (κ2) is 7.98. The molecule has 0 aliphatic heterocycles. The molecule has 0 saturated carbocycles. The molecule has 0 aliphatic rings. The molecular formula is C17H15F3N2O2S. The summed E-state index contributed by atoms with van der Waals surface area (Å²) in [4.78, 5) is 11.9. The van der Waals surface area contributed by atoms with Crippen LogP contribution in [0.4, 0.5) is 24.5 Å². The Kier molecular flexibility index (Phi) is 5.97. The van der Waals surface area contributed by atoms with E-state index in [0.29, 0.717) is 5.69 Å². The minimum absolute atomic E-state index is 0.0519. The van der Waals surface area contributed by atoms with E-state index >= 15 is 0 Å². The Hall–Kier alpha value is -2.61. The molecule has 0 atom stereocenters. The quantitative estimate of drug-likeness (QED) is 0.606. The molecule has 0 saturated heterocycles. The van der Waals surface area contributed by atoms with Gasteiger partial charge in [0.05, 0.1) is 23.4 Å². The summed E-state index contributed by atoms with van der Waals surface area (Å²) in [6, 6.07) is 11.2. The van der Waals surface area contributed by atoms with Crippen LogP contribution in [0.25, 0.3) is 0 Å². The van der Waals surface area contributed by atoms with Crippen LogP contribution in [-0.2, 0) is 10.9 Å². The Balaban J connectivity index is 2.13. The second-order valence-corrected chi connectivity index (χ2v) is 5.33. The van der Waals surface area contributed by atoms with Crippen LogP contribution >= 0.6 is 12.2 Å². The van der Waals surface area contributed by atoms with Crippen molar-refractivity contribution in [3.05, 3.63) is 59.7 Å². The van der Waals surface area contributed by atoms with Gasteiger partial charge in [0.15, 0.2) is 5.11 Å². The predicted molar refractivity (Wildman–Crippen MR) is 93.7 cm³/mol. The highest BCUT2D eigenvalue weighted by atomic mass is 32.1. The van der Waals surface area contributed by atoms with Crippen LogP contribution in [0.5, 0.6) is 0 Å². The molecule has 0 amide bonds. The Bertz CT molecular complexity index is 778. The summed E-state index contributed by atoms with van der Waals surface area (Å²) in [6.07, 6.45) is -4.44. The third-order valence-electron chi connectivity index (χ3n) is 3.12. The first-order chi connectivity index (χ1) is 11.8. The molecule has 25 heavy (non-hydrogen) atoms. The van der Waals surface area contributed by atoms with Gasteiger partial charge in [-0.25, -0.2) is 4.79 Å². The van der Waals surface area contributed by atoms with Crippen molar-refractivity contribution >= 4 is 34.7 Å². The second-order valence-electron chi connectivity index (χ2n) is 4.92. The van der Waals surface area contributed by atoms with Crippen LogP contribution in [0, 0.1) is 0 Å². The Labute approximate surface area is 148 Å². The highest BCUT2D eigenvalue weighted by Crippen LogP contribution is 2.30. The van der Waals surface area contributed by atoms with Crippen molar-refractivity contribution in [1.82, 2.24) is 0 Å². The van der Waals surface area contributed by atoms with Gasteiger partial charge in [-0.05, 0) is 49.5 Å². The highest BCUT2D eigenvalue weighted by molar-refractivity contribution is 7.80. The van der Waals surface area contributed by atoms with Crippen LogP contribution in [0.1, 0.15) is 22.8 Å². The molecule has 0 spiro atoms. The first kappa shape index (κ1) is 18.7. The van der Waals surface area contributed by atoms with Gasteiger partial charge in [-0.2, -0.15) is 13.2 Å². The molecule has 0 radical (unpaired) electrons. The third-order valence-corrected chi connectivity index (χ3v) is 3.32. The lowest BCUT2D eigenvalue weighted by molar-refractivity contribution is -0.137. The van der Waals surface area contributed by atoms with E-state index in [0.717, 1.165) is 12.1 Å². The first-order valence-electron chi connectivity index (χ1n) is 7.32. The molecule has 0 aromatic heterocycles. The molecular weight excluding hydrogens is 353 g/mol. The van der Waals surface area contributed by atoms with Crippen molar-refractivity contribution in [3.63, 3.8) is 0 Å². The van der Waals surface area contributed by atoms with Crippen LogP contribution in [0.2, 0.25) is 0 Å². The monoisotopic (exact) mass is 368 g/mol. The average Bonchev–Trinajstić information content (AvgIpc) is 2.55. The molecule has 0 heterocycles. The molecule has 0 fully saturated rings. The lowest BCUT2D eigenvalue weighted by atomic mass is 10.2. The van der Waals surface area contributed by atoms with E-state index in [4.69, 9.17) is 17.0 Å². The van der Waals surface area contributed by atoms with Crippen molar-refractivity contribution in [2.45, 2.75) is 13.1 Å². The van der Waals surface area contributed by atoms with Crippen LogP contribution in [0.15, 0.2) is 48.5 Å². The fourth-order valence-electron chi connectivity index (χ4n) is 2.04. The number of halogens is 3. The lowest BCUT2D eigenvalue weighted by Crippen LogP contribution is -2.21. The number of rotatable bonds is 4. The summed E-state index contributed by atoms with van der Waals surface area (Å²) in [5.74, 6) is -0.521. The number of para-hydroxylation sites is 1. The molecule has 0 unspecified atom stereocenters. The molecule has 2 rings (SSSR count). The van der Waals surface area contributed by atoms with E-state index in [9.17, 15) is 18.0 Å². The zero-order chi connectivity index (χ0) is 18.4. The largest absolute Gasteiger partial charge is 0.462 e. The van der Waals surface area contributed by atoms with Crippen molar-refractivity contribution in [2.75, 3.05) is 17.2 Å². The molecule has 8 heteroatoms. The van der Waals surface area contributed by atoms with Crippen molar-refractivity contribution in [3.8, 4) is 0 Å². The summed E-state index contributed by atoms with van der Waals surface area (Å²) < 4.78 is 43.2. The fraction of sp³-hybridized carbons (Fsp3) is 0.176. The zero-order valence-electron chi connectivity index (χ0n) is 13.2. The third kappa shape index (κ3) is 5.18. The van der Waals surface area contributed by atoms with E-state index in [1.807, 2.05) is 0 Å². The molecule has 2 aromatic carbocycles. The number of hydrogen-bond acceptors (Lipinski definition) is 3. The van der Waals surface area contributed by atoms with E-state index < -0.39 is 17.7 Å². The number of ether oxygens (including phenoxy) is 1. The summed E-state index contributed by atoms with van der Waals surface area (Å²) in [6.45, 7) is 1.91. The minimum atomic E-state index is -4.44. The van der Waals surface area contributed by atoms with Gasteiger partial charge in [0.2, 0.25) is 0 Å². The normalized spacial score (nSPS) is 10.9. The summed E-state index contributed by atoms with van der Waals surface area (Å²) in [5.41, 5.74) is 0.0659. The summed E-state index contributed by atoms with van der Waals surface area (Å²) >= 11 is 5.11. The van der Waals surface area contributed by atoms with Gasteiger partial charge in [0.25, 0.3) is 0 Å². The van der Waals surface area contributed by atoms with Gasteiger partial charge in [0.1, 0.15) is 0 Å². The Morgan fingerprint density at radius 3 is 2.52 bits per heavy atom. The molecule has 2 aromatic rings. The zero-order valence-corrected chi connectivity index (χ0v) is 14.0. The number of hydrogen-bond donors (Lipinski definition) is 2. The topological polar surface area (TPSA) is 50.4 Å². The molecule has 2 N–H and O–H groups in total. The fourth-order valence-corrected chi connectivity index (χ4v) is 2.26. The smallest absolute Gasteiger partial charge is 0.416 e. The molecule has 4 nitrogen and oxygen atoms in total. The molecule has 0 bridgehead atoms. The van der Waals surface area contributed by atoms with Gasteiger partial charge in [-0.1, -0.05) is 18.2 Å². The number of carbonyl (C=O) groups is 1. The van der Waals surface area contributed by atoms with Crippen molar-refractivity contribution in [1.29, 1.82) is 0 Å². The van der Waals surface area contributed by atoms with Crippen molar-refractivity contribution in [2.24, 2.45) is 0 Å². The number of carbonyl (C=O) groups excluding carboxylic acids is 1. The SMILES string of the molecule is CCOC(=O)c1ccccc1NC(=S)Nc1cccc(C(F)(F)F)c1. The van der Waals surface area contributed by atoms with Gasteiger partial charge in [-0.15, -0.1) is 0 Å². The molecule has 0 aliphatic carbocycles. The highest BCUT2D eigenvalue weighted by Gasteiger charge is 2.30. The first-order valence-corrected chi connectivity index (χ1v) is 7.73. The van der Waals surface area contributed by atoms with Crippen LogP contribution < -0.4 is 10.6 Å². The van der Waals surface area contributed by atoms with Gasteiger partial charge >= 0.3 is 12.1 Å². The maximum atomic E-state index is 12.7. The summed E-state index contributed by atoms with van der Waals surface area (Å²) in [7, 11) is 0. The minimum Gasteiger partial charge on any atom is -0.462 e. The maximum Gasteiger partial charge on any atom is 0.416 e. The number of benzene rings is 2. The lowest BCUT2D eigenvalue weighted by Gasteiger charge is -2.14. The van der Waals surface area contributed by atoms with E-state index in [-0.39, 0.29) is 23.0 Å². The maximum absolute atomic E-state index is 12.7. The Morgan fingerprint density at radius 1 is 1.12 bits per heavy atom. The van der Waals surface area contributed by atoms with Gasteiger partial charge in [0, 0.05) is 5.69 Å². The van der Waals surface area contributed by atoms with E-state index in [2.05, 4.69) is 10.6 Å². The standard InChI is InChI=1S/C17H15F3N2O2S/c1-2-24-15(23)13-8-3-4-9-14(13)22-16(25)21-12-7-5-6-11(10-12)17(18,19)20/h3-10H,2H2,1H3,(H2,21,22,25). The van der Waals surface area contributed by atoms with E-state index in [1.54, 1.807) is 31.2 Å². The average molecular weight is 368 g/mol. The summed E-state index contributed by atoms with van der Waals surface area (Å²) in [5, 5.41) is 5.52.